The molecular weight excluding hydrogens is 246 g/mol. The third-order valence-corrected chi connectivity index (χ3v) is 3.58. The van der Waals surface area contributed by atoms with Gasteiger partial charge in [0.05, 0.1) is 0 Å². The molecule has 1 aromatic rings. The Bertz CT molecular complexity index is 376. The molecule has 0 saturated heterocycles. The van der Waals surface area contributed by atoms with Crippen LogP contribution in [0, 0.1) is 5.92 Å². The van der Waals surface area contributed by atoms with E-state index < -0.39 is 12.0 Å². The molecule has 0 aliphatic heterocycles. The van der Waals surface area contributed by atoms with Gasteiger partial charge in [0.1, 0.15) is 6.04 Å². The zero-order chi connectivity index (χ0) is 13.5. The minimum Gasteiger partial charge on any atom is -0.480 e. The lowest BCUT2D eigenvalue weighted by atomic mass is 10.1. The second kappa shape index (κ2) is 7.44. The fourth-order valence-electron chi connectivity index (χ4n) is 1.62. The highest BCUT2D eigenvalue weighted by molar-refractivity contribution is 7.97. The maximum absolute atomic E-state index is 11.0. The SMILES string of the molecule is CCCc1ccc(SNC(C(=O)O)C(C)C)cc1. The summed E-state index contributed by atoms with van der Waals surface area (Å²) < 4.78 is 3.00. The van der Waals surface area contributed by atoms with E-state index in [1.54, 1.807) is 0 Å². The van der Waals surface area contributed by atoms with Gasteiger partial charge in [0.2, 0.25) is 0 Å². The van der Waals surface area contributed by atoms with Crippen LogP contribution in [0.2, 0.25) is 0 Å². The van der Waals surface area contributed by atoms with E-state index in [1.807, 2.05) is 26.0 Å². The second-order valence-corrected chi connectivity index (χ2v) is 5.59. The van der Waals surface area contributed by atoms with Crippen molar-refractivity contribution < 1.29 is 9.90 Å². The second-order valence-electron chi connectivity index (χ2n) is 4.67. The summed E-state index contributed by atoms with van der Waals surface area (Å²) in [5.74, 6) is -0.741. The normalized spacial score (nSPS) is 12.7. The van der Waals surface area contributed by atoms with Crippen LogP contribution in [-0.2, 0) is 11.2 Å². The zero-order valence-electron chi connectivity index (χ0n) is 11.1. The van der Waals surface area contributed by atoms with Gasteiger partial charge in [-0.05, 0) is 42.0 Å². The van der Waals surface area contributed by atoms with Crippen molar-refractivity contribution in [1.29, 1.82) is 0 Å². The molecule has 0 aliphatic carbocycles. The average Bonchev–Trinajstić information content (AvgIpc) is 2.31. The summed E-state index contributed by atoms with van der Waals surface area (Å²) in [6, 6.07) is 7.73. The van der Waals surface area contributed by atoms with Crippen molar-refractivity contribution in [1.82, 2.24) is 4.72 Å². The highest BCUT2D eigenvalue weighted by Gasteiger charge is 2.20. The van der Waals surface area contributed by atoms with Gasteiger partial charge >= 0.3 is 5.97 Å². The van der Waals surface area contributed by atoms with Crippen molar-refractivity contribution in [2.24, 2.45) is 5.92 Å². The van der Waals surface area contributed by atoms with Crippen LogP contribution < -0.4 is 4.72 Å². The summed E-state index contributed by atoms with van der Waals surface area (Å²) in [5, 5.41) is 9.06. The van der Waals surface area contributed by atoms with Gasteiger partial charge in [-0.25, -0.2) is 4.72 Å². The maximum atomic E-state index is 11.0. The molecule has 2 N–H and O–H groups in total. The molecule has 1 unspecified atom stereocenters. The minimum atomic E-state index is -0.805. The molecule has 0 bridgehead atoms. The molecule has 0 amide bonds. The summed E-state index contributed by atoms with van der Waals surface area (Å²) in [6.45, 7) is 5.96. The monoisotopic (exact) mass is 267 g/mol. The van der Waals surface area contributed by atoms with Gasteiger partial charge in [0.25, 0.3) is 0 Å². The van der Waals surface area contributed by atoms with Gasteiger partial charge in [-0.3, -0.25) is 4.79 Å². The summed E-state index contributed by atoms with van der Waals surface area (Å²) >= 11 is 1.38. The van der Waals surface area contributed by atoms with E-state index in [2.05, 4.69) is 23.8 Å². The summed E-state index contributed by atoms with van der Waals surface area (Å²) in [4.78, 5) is 12.1. The molecule has 0 fully saturated rings. The minimum absolute atomic E-state index is 0.0642. The lowest BCUT2D eigenvalue weighted by Gasteiger charge is -2.17. The van der Waals surface area contributed by atoms with Crippen LogP contribution in [0.1, 0.15) is 32.8 Å². The first-order valence-electron chi connectivity index (χ1n) is 6.28. The van der Waals surface area contributed by atoms with E-state index in [1.165, 1.54) is 17.5 Å². The molecule has 0 aromatic heterocycles. The molecule has 0 heterocycles. The molecule has 0 radical (unpaired) electrons. The Labute approximate surface area is 113 Å². The Kier molecular flexibility index (Phi) is 6.22. The highest BCUT2D eigenvalue weighted by atomic mass is 32.2. The number of carboxylic acids is 1. The van der Waals surface area contributed by atoms with Crippen LogP contribution in [0.3, 0.4) is 0 Å². The maximum Gasteiger partial charge on any atom is 0.321 e. The van der Waals surface area contributed by atoms with Crippen molar-refractivity contribution in [3.05, 3.63) is 29.8 Å². The van der Waals surface area contributed by atoms with Crippen LogP contribution >= 0.6 is 11.9 Å². The first kappa shape index (κ1) is 15.1. The van der Waals surface area contributed by atoms with Crippen molar-refractivity contribution in [3.8, 4) is 0 Å². The quantitative estimate of drug-likeness (QED) is 0.744. The Morgan fingerprint density at radius 1 is 1.33 bits per heavy atom. The number of benzene rings is 1. The van der Waals surface area contributed by atoms with E-state index in [0.29, 0.717) is 0 Å². The summed E-state index contributed by atoms with van der Waals surface area (Å²) in [7, 11) is 0. The van der Waals surface area contributed by atoms with Gasteiger partial charge in [0.15, 0.2) is 0 Å². The third-order valence-electron chi connectivity index (χ3n) is 2.70. The Hall–Kier alpha value is -1.00. The molecule has 1 atom stereocenters. The smallest absolute Gasteiger partial charge is 0.321 e. The average molecular weight is 267 g/mol. The number of hydrogen-bond donors (Lipinski definition) is 2. The van der Waals surface area contributed by atoms with Crippen molar-refractivity contribution >= 4 is 17.9 Å². The molecule has 18 heavy (non-hydrogen) atoms. The molecule has 0 spiro atoms. The lowest BCUT2D eigenvalue weighted by Crippen LogP contribution is -2.36. The van der Waals surface area contributed by atoms with Crippen LogP contribution in [0.5, 0.6) is 0 Å². The van der Waals surface area contributed by atoms with Gasteiger partial charge < -0.3 is 5.11 Å². The predicted molar refractivity (Wildman–Crippen MR) is 75.7 cm³/mol. The van der Waals surface area contributed by atoms with E-state index >= 15 is 0 Å². The van der Waals surface area contributed by atoms with Crippen LogP contribution in [0.25, 0.3) is 0 Å². The fourth-order valence-corrected chi connectivity index (χ4v) is 2.52. The topological polar surface area (TPSA) is 49.3 Å². The molecule has 4 heteroatoms. The molecular formula is C14H21NO2S. The Morgan fingerprint density at radius 2 is 1.94 bits per heavy atom. The number of hydrogen-bond acceptors (Lipinski definition) is 3. The number of carboxylic acid groups (broad SMARTS) is 1. The Balaban J connectivity index is 2.54. The van der Waals surface area contributed by atoms with Crippen molar-refractivity contribution in [2.75, 3.05) is 0 Å². The van der Waals surface area contributed by atoms with E-state index in [-0.39, 0.29) is 5.92 Å². The zero-order valence-corrected chi connectivity index (χ0v) is 12.0. The molecule has 0 aliphatic rings. The third kappa shape index (κ3) is 4.70. The van der Waals surface area contributed by atoms with Crippen LogP contribution in [0.15, 0.2) is 29.2 Å². The fraction of sp³-hybridized carbons (Fsp3) is 0.500. The molecule has 3 nitrogen and oxygen atoms in total. The standard InChI is InChI=1S/C14H21NO2S/c1-4-5-11-6-8-12(9-7-11)18-15-13(10(2)3)14(16)17/h6-10,13,15H,4-5H2,1-3H3,(H,16,17). The number of aryl methyl sites for hydroxylation is 1. The molecule has 1 rings (SSSR count). The van der Waals surface area contributed by atoms with Crippen molar-refractivity contribution in [2.45, 2.75) is 44.6 Å². The van der Waals surface area contributed by atoms with Gasteiger partial charge in [-0.2, -0.15) is 0 Å². The number of carbonyl (C=O) groups is 1. The van der Waals surface area contributed by atoms with Gasteiger partial charge in [-0.1, -0.05) is 39.3 Å². The molecule has 1 aromatic carbocycles. The highest BCUT2D eigenvalue weighted by Crippen LogP contribution is 2.18. The van der Waals surface area contributed by atoms with E-state index in [0.717, 1.165) is 17.7 Å². The van der Waals surface area contributed by atoms with Gasteiger partial charge in [0, 0.05) is 4.90 Å². The van der Waals surface area contributed by atoms with Gasteiger partial charge in [-0.15, -0.1) is 0 Å². The first-order valence-corrected chi connectivity index (χ1v) is 7.10. The van der Waals surface area contributed by atoms with Crippen LogP contribution in [-0.4, -0.2) is 17.1 Å². The molecule has 100 valence electrons. The lowest BCUT2D eigenvalue weighted by molar-refractivity contribution is -0.139. The summed E-state index contributed by atoms with van der Waals surface area (Å²) in [6.07, 6.45) is 2.22. The number of aliphatic carboxylic acids is 1. The van der Waals surface area contributed by atoms with E-state index in [9.17, 15) is 4.79 Å². The van der Waals surface area contributed by atoms with E-state index in [4.69, 9.17) is 5.11 Å². The number of rotatable bonds is 7. The molecule has 0 saturated carbocycles. The first-order chi connectivity index (χ1) is 8.54. The predicted octanol–water partition coefficient (Wildman–Crippen LogP) is 3.35. The van der Waals surface area contributed by atoms with Crippen LogP contribution in [0.4, 0.5) is 0 Å². The number of nitrogens with one attached hydrogen (secondary N) is 1. The Morgan fingerprint density at radius 3 is 2.39 bits per heavy atom. The van der Waals surface area contributed by atoms with Crippen molar-refractivity contribution in [3.63, 3.8) is 0 Å². The largest absolute Gasteiger partial charge is 0.480 e. The summed E-state index contributed by atoms with van der Waals surface area (Å²) in [5.41, 5.74) is 1.32.